The first-order valence-electron chi connectivity index (χ1n) is 6.38. The molecule has 1 saturated heterocycles. The lowest BCUT2D eigenvalue weighted by molar-refractivity contribution is -0.119. The molecule has 0 saturated carbocycles. The minimum atomic E-state index is 0.176. The molecule has 1 amide bonds. The Kier molecular flexibility index (Phi) is 4.31. The molecule has 96 valence electrons. The second kappa shape index (κ2) is 5.76. The number of carbonyl (C=O) groups excluding carboxylic acids is 1. The Balaban J connectivity index is 1.66. The number of amides is 1. The fourth-order valence-corrected chi connectivity index (χ4v) is 3.47. The third kappa shape index (κ3) is 3.91. The molecule has 0 spiro atoms. The standard InChI is InChI=1S/C12H21N3OS/c1-8(2)5-10-7-14-12(17-10)13-6-9-3-4-11(16)15-9/h8-10H,3-7H2,1-2H3,(H,13,14)(H,15,16). The summed E-state index contributed by atoms with van der Waals surface area (Å²) < 4.78 is 0. The molecule has 0 bridgehead atoms. The summed E-state index contributed by atoms with van der Waals surface area (Å²) >= 11 is 1.85. The van der Waals surface area contributed by atoms with Crippen molar-refractivity contribution in [1.29, 1.82) is 0 Å². The molecule has 0 aliphatic carbocycles. The number of carbonyl (C=O) groups is 1. The largest absolute Gasteiger partial charge is 0.363 e. The number of thioether (sulfide) groups is 1. The minimum Gasteiger partial charge on any atom is -0.363 e. The van der Waals surface area contributed by atoms with E-state index >= 15 is 0 Å². The first-order chi connectivity index (χ1) is 8.13. The summed E-state index contributed by atoms with van der Waals surface area (Å²) in [5.41, 5.74) is 0. The van der Waals surface area contributed by atoms with Crippen LogP contribution in [0.2, 0.25) is 0 Å². The Morgan fingerprint density at radius 2 is 2.41 bits per heavy atom. The quantitative estimate of drug-likeness (QED) is 0.798. The van der Waals surface area contributed by atoms with E-state index < -0.39 is 0 Å². The summed E-state index contributed by atoms with van der Waals surface area (Å²) in [5.74, 6) is 0.909. The number of rotatable bonds is 4. The lowest BCUT2D eigenvalue weighted by Gasteiger charge is -2.13. The van der Waals surface area contributed by atoms with Crippen LogP contribution in [-0.4, -0.2) is 35.5 Å². The SMILES string of the molecule is CC(C)CC1CN=C(NCC2CCC(=O)N2)S1. The average Bonchev–Trinajstić information content (AvgIpc) is 2.84. The highest BCUT2D eigenvalue weighted by molar-refractivity contribution is 8.14. The number of nitrogens with zero attached hydrogens (tertiary/aromatic N) is 1. The molecular formula is C12H21N3OS. The zero-order valence-electron chi connectivity index (χ0n) is 10.5. The maximum Gasteiger partial charge on any atom is 0.220 e. The lowest BCUT2D eigenvalue weighted by atomic mass is 10.1. The molecule has 2 N–H and O–H groups in total. The molecule has 1 fully saturated rings. The van der Waals surface area contributed by atoms with Crippen LogP contribution >= 0.6 is 11.8 Å². The first-order valence-corrected chi connectivity index (χ1v) is 7.26. The molecule has 0 aromatic heterocycles. The van der Waals surface area contributed by atoms with Gasteiger partial charge in [0.25, 0.3) is 0 Å². The Labute approximate surface area is 107 Å². The van der Waals surface area contributed by atoms with E-state index in [0.717, 1.165) is 30.6 Å². The van der Waals surface area contributed by atoms with Crippen molar-refractivity contribution in [2.45, 2.75) is 44.4 Å². The fourth-order valence-electron chi connectivity index (χ4n) is 2.20. The lowest BCUT2D eigenvalue weighted by Crippen LogP contribution is -2.37. The van der Waals surface area contributed by atoms with E-state index in [1.165, 1.54) is 6.42 Å². The summed E-state index contributed by atoms with van der Waals surface area (Å²) in [4.78, 5) is 15.6. The molecule has 2 atom stereocenters. The van der Waals surface area contributed by atoms with Crippen molar-refractivity contribution in [2.24, 2.45) is 10.9 Å². The highest BCUT2D eigenvalue weighted by Crippen LogP contribution is 2.25. The van der Waals surface area contributed by atoms with Crippen molar-refractivity contribution in [3.63, 3.8) is 0 Å². The average molecular weight is 255 g/mol. The third-order valence-electron chi connectivity index (χ3n) is 3.04. The van der Waals surface area contributed by atoms with Gasteiger partial charge in [-0.3, -0.25) is 9.79 Å². The molecule has 2 unspecified atom stereocenters. The molecule has 17 heavy (non-hydrogen) atoms. The van der Waals surface area contributed by atoms with Crippen LogP contribution in [0.5, 0.6) is 0 Å². The Bertz CT molecular complexity index is 317. The van der Waals surface area contributed by atoms with E-state index in [2.05, 4.69) is 29.5 Å². The number of hydrogen-bond donors (Lipinski definition) is 2. The van der Waals surface area contributed by atoms with Gasteiger partial charge < -0.3 is 10.6 Å². The predicted molar refractivity (Wildman–Crippen MR) is 72.3 cm³/mol. The van der Waals surface area contributed by atoms with Gasteiger partial charge in [0.1, 0.15) is 0 Å². The van der Waals surface area contributed by atoms with Gasteiger partial charge in [-0.15, -0.1) is 0 Å². The van der Waals surface area contributed by atoms with E-state index in [1.807, 2.05) is 11.8 Å². The molecule has 5 heteroatoms. The van der Waals surface area contributed by atoms with Crippen LogP contribution < -0.4 is 10.6 Å². The molecule has 4 nitrogen and oxygen atoms in total. The van der Waals surface area contributed by atoms with E-state index in [-0.39, 0.29) is 11.9 Å². The van der Waals surface area contributed by atoms with Gasteiger partial charge in [0.15, 0.2) is 5.17 Å². The molecule has 2 aliphatic rings. The maximum absolute atomic E-state index is 11.0. The van der Waals surface area contributed by atoms with Gasteiger partial charge in [-0.05, 0) is 18.8 Å². The molecule has 2 aliphatic heterocycles. The Morgan fingerprint density at radius 3 is 3.06 bits per heavy atom. The molecule has 0 aromatic rings. The number of nitrogens with one attached hydrogen (secondary N) is 2. The second-order valence-corrected chi connectivity index (χ2v) is 6.49. The number of aliphatic imine (C=N–C) groups is 1. The van der Waals surface area contributed by atoms with Crippen molar-refractivity contribution in [3.8, 4) is 0 Å². The van der Waals surface area contributed by atoms with E-state index in [4.69, 9.17) is 0 Å². The van der Waals surface area contributed by atoms with Crippen LogP contribution in [0.3, 0.4) is 0 Å². The molecule has 0 aromatic carbocycles. The van der Waals surface area contributed by atoms with Gasteiger partial charge in [-0.1, -0.05) is 25.6 Å². The molecule has 2 rings (SSSR count). The highest BCUT2D eigenvalue weighted by atomic mass is 32.2. The van der Waals surface area contributed by atoms with Gasteiger partial charge in [0.2, 0.25) is 5.91 Å². The summed E-state index contributed by atoms with van der Waals surface area (Å²) in [6, 6.07) is 0.287. The molecular weight excluding hydrogens is 234 g/mol. The third-order valence-corrected chi connectivity index (χ3v) is 4.21. The smallest absolute Gasteiger partial charge is 0.220 e. The molecule has 0 radical (unpaired) electrons. The molecule has 2 heterocycles. The summed E-state index contributed by atoms with van der Waals surface area (Å²) in [5, 5.41) is 7.99. The van der Waals surface area contributed by atoms with E-state index in [1.54, 1.807) is 0 Å². The number of amidine groups is 1. The van der Waals surface area contributed by atoms with Crippen molar-refractivity contribution < 1.29 is 4.79 Å². The fraction of sp³-hybridized carbons (Fsp3) is 0.833. The van der Waals surface area contributed by atoms with Gasteiger partial charge in [0, 0.05) is 24.3 Å². The summed E-state index contributed by atoms with van der Waals surface area (Å²) in [7, 11) is 0. The zero-order chi connectivity index (χ0) is 12.3. The zero-order valence-corrected chi connectivity index (χ0v) is 11.3. The van der Waals surface area contributed by atoms with Crippen LogP contribution in [0.1, 0.15) is 33.1 Å². The topological polar surface area (TPSA) is 53.5 Å². The van der Waals surface area contributed by atoms with Crippen molar-refractivity contribution in [1.82, 2.24) is 10.6 Å². The van der Waals surface area contributed by atoms with Crippen molar-refractivity contribution in [3.05, 3.63) is 0 Å². The Hall–Kier alpha value is -0.710. The highest BCUT2D eigenvalue weighted by Gasteiger charge is 2.23. The monoisotopic (exact) mass is 255 g/mol. The second-order valence-electron chi connectivity index (χ2n) is 5.20. The van der Waals surface area contributed by atoms with Crippen LogP contribution in [0.4, 0.5) is 0 Å². The van der Waals surface area contributed by atoms with E-state index in [9.17, 15) is 4.79 Å². The van der Waals surface area contributed by atoms with E-state index in [0.29, 0.717) is 11.7 Å². The maximum atomic E-state index is 11.0. The summed E-state index contributed by atoms with van der Waals surface area (Å²) in [6.45, 7) is 6.24. The number of hydrogen-bond acceptors (Lipinski definition) is 4. The van der Waals surface area contributed by atoms with Gasteiger partial charge >= 0.3 is 0 Å². The van der Waals surface area contributed by atoms with Crippen LogP contribution in [-0.2, 0) is 4.79 Å². The van der Waals surface area contributed by atoms with Gasteiger partial charge in [-0.2, -0.15) is 0 Å². The normalized spacial score (nSPS) is 28.4. The minimum absolute atomic E-state index is 0.176. The van der Waals surface area contributed by atoms with Crippen molar-refractivity contribution in [2.75, 3.05) is 13.1 Å². The Morgan fingerprint density at radius 1 is 1.59 bits per heavy atom. The predicted octanol–water partition coefficient (Wildman–Crippen LogP) is 1.37. The van der Waals surface area contributed by atoms with Crippen LogP contribution in [0.15, 0.2) is 4.99 Å². The summed E-state index contributed by atoms with van der Waals surface area (Å²) in [6.07, 6.45) is 2.83. The first kappa shape index (κ1) is 12.7. The van der Waals surface area contributed by atoms with Crippen molar-refractivity contribution >= 4 is 22.8 Å². The van der Waals surface area contributed by atoms with Gasteiger partial charge in [0.05, 0.1) is 6.54 Å². The van der Waals surface area contributed by atoms with Crippen LogP contribution in [0.25, 0.3) is 0 Å². The van der Waals surface area contributed by atoms with Crippen LogP contribution in [0, 0.1) is 5.92 Å². The van der Waals surface area contributed by atoms with Gasteiger partial charge in [-0.25, -0.2) is 0 Å².